The van der Waals surface area contributed by atoms with E-state index in [1.807, 2.05) is 18.2 Å². The minimum atomic E-state index is -4.14. The summed E-state index contributed by atoms with van der Waals surface area (Å²) in [7, 11) is 0. The molecule has 0 radical (unpaired) electrons. The fourth-order valence-corrected chi connectivity index (χ4v) is 3.19. The summed E-state index contributed by atoms with van der Waals surface area (Å²) in [6.07, 6.45) is 4.08. The van der Waals surface area contributed by atoms with E-state index in [4.69, 9.17) is 5.11 Å². The van der Waals surface area contributed by atoms with Crippen molar-refractivity contribution in [1.29, 1.82) is 0 Å². The van der Waals surface area contributed by atoms with Crippen LogP contribution in [0.2, 0.25) is 0 Å². The molecule has 2 atom stereocenters. The molecule has 0 spiro atoms. The number of aliphatic hydroxyl groups excluding tert-OH is 1. The zero-order valence-electron chi connectivity index (χ0n) is 15.5. The molecule has 2 N–H and O–H groups in total. The molecule has 0 heterocycles. The standard InChI is InChI=1S/C20H29F3O4/c21-20(22,23)14-6-5-7-16(24)12-10-15-11-13-18(25)17(15)8-3-1-2-4-9-19(26)27/h1,3,11,16-17,24H,2,4-10,12-14H2,(H,26,27)/b3-1-/t16?,17-/m1/s1. The first-order chi connectivity index (χ1) is 12.7. The second kappa shape index (κ2) is 12.0. The lowest BCUT2D eigenvalue weighted by molar-refractivity contribution is -0.137. The number of aliphatic carboxylic acids is 1. The number of hydrogen-bond acceptors (Lipinski definition) is 3. The number of rotatable bonds is 13. The van der Waals surface area contributed by atoms with E-state index in [0.717, 1.165) is 5.57 Å². The van der Waals surface area contributed by atoms with Gasteiger partial charge in [-0.1, -0.05) is 30.2 Å². The number of alkyl halides is 3. The van der Waals surface area contributed by atoms with Gasteiger partial charge in [-0.3, -0.25) is 9.59 Å². The minimum Gasteiger partial charge on any atom is -0.481 e. The maximum atomic E-state index is 12.1. The van der Waals surface area contributed by atoms with Gasteiger partial charge in [0.15, 0.2) is 0 Å². The Kier molecular flexibility index (Phi) is 10.4. The molecule has 1 rings (SSSR count). The van der Waals surface area contributed by atoms with Crippen molar-refractivity contribution in [2.75, 3.05) is 0 Å². The third-order valence-corrected chi connectivity index (χ3v) is 4.72. The molecule has 0 amide bonds. The highest BCUT2D eigenvalue weighted by molar-refractivity contribution is 5.88. The summed E-state index contributed by atoms with van der Waals surface area (Å²) in [5, 5.41) is 18.5. The van der Waals surface area contributed by atoms with E-state index >= 15 is 0 Å². The van der Waals surface area contributed by atoms with Gasteiger partial charge in [0.1, 0.15) is 5.78 Å². The van der Waals surface area contributed by atoms with Gasteiger partial charge in [0.2, 0.25) is 0 Å². The number of unbranched alkanes of at least 4 members (excludes halogenated alkanes) is 2. The molecule has 27 heavy (non-hydrogen) atoms. The van der Waals surface area contributed by atoms with Crippen LogP contribution >= 0.6 is 0 Å². The van der Waals surface area contributed by atoms with Crippen LogP contribution in [-0.4, -0.2) is 34.2 Å². The van der Waals surface area contributed by atoms with Crippen molar-refractivity contribution < 1.29 is 33.0 Å². The van der Waals surface area contributed by atoms with Crippen LogP contribution in [0.1, 0.15) is 70.6 Å². The van der Waals surface area contributed by atoms with Crippen molar-refractivity contribution in [1.82, 2.24) is 0 Å². The van der Waals surface area contributed by atoms with Crippen LogP contribution < -0.4 is 0 Å². The number of Topliss-reactive ketones (excluding diaryl/α,β-unsaturated/α-hetero) is 1. The number of halogens is 3. The van der Waals surface area contributed by atoms with Gasteiger partial charge in [-0.15, -0.1) is 0 Å². The summed E-state index contributed by atoms with van der Waals surface area (Å²) in [6.45, 7) is 0. The third kappa shape index (κ3) is 11.0. The summed E-state index contributed by atoms with van der Waals surface area (Å²) in [6, 6.07) is 0. The second-order valence-electron chi connectivity index (χ2n) is 7.05. The number of carboxylic acid groups (broad SMARTS) is 1. The maximum absolute atomic E-state index is 12.1. The zero-order valence-corrected chi connectivity index (χ0v) is 15.5. The van der Waals surface area contributed by atoms with E-state index in [2.05, 4.69) is 0 Å². The summed E-state index contributed by atoms with van der Waals surface area (Å²) in [4.78, 5) is 22.4. The van der Waals surface area contributed by atoms with Crippen molar-refractivity contribution in [2.24, 2.45) is 5.92 Å². The summed E-state index contributed by atoms with van der Waals surface area (Å²) in [5.41, 5.74) is 0.990. The lowest BCUT2D eigenvalue weighted by Crippen LogP contribution is -2.13. The topological polar surface area (TPSA) is 74.6 Å². The van der Waals surface area contributed by atoms with Crippen LogP contribution in [-0.2, 0) is 9.59 Å². The highest BCUT2D eigenvalue weighted by Gasteiger charge is 2.27. The molecule has 0 aliphatic heterocycles. The molecule has 1 aliphatic carbocycles. The zero-order chi connectivity index (χ0) is 20.3. The molecule has 154 valence electrons. The van der Waals surface area contributed by atoms with Gasteiger partial charge in [0.25, 0.3) is 0 Å². The summed E-state index contributed by atoms with van der Waals surface area (Å²) < 4.78 is 36.3. The first-order valence-corrected chi connectivity index (χ1v) is 9.52. The Morgan fingerprint density at radius 3 is 2.63 bits per heavy atom. The Morgan fingerprint density at radius 2 is 1.96 bits per heavy atom. The lowest BCUT2D eigenvalue weighted by atomic mass is 9.91. The first kappa shape index (κ1) is 23.4. The minimum absolute atomic E-state index is 0.0248. The number of carbonyl (C=O) groups is 2. The summed E-state index contributed by atoms with van der Waals surface area (Å²) >= 11 is 0. The normalized spacial score (nSPS) is 18.9. The number of hydrogen-bond donors (Lipinski definition) is 2. The number of ketones is 1. The van der Waals surface area contributed by atoms with Crippen LogP contribution in [0.5, 0.6) is 0 Å². The predicted octanol–water partition coefficient (Wildman–Crippen LogP) is 4.97. The van der Waals surface area contributed by atoms with Gasteiger partial charge in [0.05, 0.1) is 6.10 Å². The molecule has 1 aliphatic rings. The van der Waals surface area contributed by atoms with E-state index in [1.54, 1.807) is 0 Å². The lowest BCUT2D eigenvalue weighted by Gasteiger charge is -2.15. The second-order valence-corrected chi connectivity index (χ2v) is 7.05. The third-order valence-electron chi connectivity index (χ3n) is 4.72. The van der Waals surface area contributed by atoms with Crippen LogP contribution in [0.3, 0.4) is 0 Å². The molecule has 0 aromatic heterocycles. The Hall–Kier alpha value is -1.63. The average molecular weight is 390 g/mol. The predicted molar refractivity (Wildman–Crippen MR) is 96.2 cm³/mol. The van der Waals surface area contributed by atoms with E-state index < -0.39 is 24.7 Å². The fourth-order valence-electron chi connectivity index (χ4n) is 3.19. The van der Waals surface area contributed by atoms with Crippen molar-refractivity contribution in [3.05, 3.63) is 23.8 Å². The SMILES string of the molecule is O=C(O)CCC/C=C\C[C@H]1C(=O)CC=C1CCC(O)CCCCC(F)(F)F. The molecule has 0 saturated heterocycles. The van der Waals surface area contributed by atoms with E-state index in [9.17, 15) is 27.9 Å². The number of carboxylic acids is 1. The van der Waals surface area contributed by atoms with Gasteiger partial charge in [-0.2, -0.15) is 13.2 Å². The number of carbonyl (C=O) groups excluding carboxylic acids is 1. The molecular formula is C20H29F3O4. The summed E-state index contributed by atoms with van der Waals surface area (Å²) in [5.74, 6) is -0.880. The van der Waals surface area contributed by atoms with Gasteiger partial charge < -0.3 is 10.2 Å². The largest absolute Gasteiger partial charge is 0.481 e. The highest BCUT2D eigenvalue weighted by atomic mass is 19.4. The van der Waals surface area contributed by atoms with Gasteiger partial charge >= 0.3 is 12.1 Å². The quantitative estimate of drug-likeness (QED) is 0.344. The van der Waals surface area contributed by atoms with Crippen LogP contribution in [0.15, 0.2) is 23.8 Å². The van der Waals surface area contributed by atoms with E-state index in [1.165, 1.54) is 0 Å². The molecule has 1 unspecified atom stereocenters. The smallest absolute Gasteiger partial charge is 0.389 e. The van der Waals surface area contributed by atoms with Crippen LogP contribution in [0, 0.1) is 5.92 Å². The maximum Gasteiger partial charge on any atom is 0.389 e. The van der Waals surface area contributed by atoms with Gasteiger partial charge in [-0.25, -0.2) is 0 Å². The van der Waals surface area contributed by atoms with Gasteiger partial charge in [0, 0.05) is 25.2 Å². The van der Waals surface area contributed by atoms with E-state index in [0.29, 0.717) is 51.4 Å². The fraction of sp³-hybridized carbons (Fsp3) is 0.700. The van der Waals surface area contributed by atoms with Gasteiger partial charge in [-0.05, 0) is 44.9 Å². The molecule has 7 heteroatoms. The van der Waals surface area contributed by atoms with Crippen molar-refractivity contribution in [2.45, 2.75) is 82.9 Å². The van der Waals surface area contributed by atoms with Crippen molar-refractivity contribution in [3.63, 3.8) is 0 Å². The average Bonchev–Trinajstić information content (AvgIpc) is 2.92. The molecule has 0 aromatic carbocycles. The van der Waals surface area contributed by atoms with E-state index in [-0.39, 0.29) is 24.5 Å². The Labute approximate surface area is 158 Å². The Bertz CT molecular complexity index is 538. The Morgan fingerprint density at radius 1 is 1.22 bits per heavy atom. The molecular weight excluding hydrogens is 361 g/mol. The molecule has 0 aromatic rings. The van der Waals surface area contributed by atoms with Crippen LogP contribution in [0.4, 0.5) is 13.2 Å². The number of allylic oxidation sites excluding steroid dienone is 4. The first-order valence-electron chi connectivity index (χ1n) is 9.52. The van der Waals surface area contributed by atoms with Crippen molar-refractivity contribution >= 4 is 11.8 Å². The Balaban J connectivity index is 2.27. The van der Waals surface area contributed by atoms with Crippen molar-refractivity contribution in [3.8, 4) is 0 Å². The number of aliphatic hydroxyl groups is 1. The monoisotopic (exact) mass is 390 g/mol. The molecule has 4 nitrogen and oxygen atoms in total. The molecule has 0 saturated carbocycles. The molecule has 0 fully saturated rings. The highest BCUT2D eigenvalue weighted by Crippen LogP contribution is 2.30. The molecule has 0 bridgehead atoms. The van der Waals surface area contributed by atoms with Crippen LogP contribution in [0.25, 0.3) is 0 Å².